The maximum Gasteiger partial charge on any atom is 0.249 e. The quantitative estimate of drug-likeness (QED) is 0.258. The highest BCUT2D eigenvalue weighted by molar-refractivity contribution is 6.10. The van der Waals surface area contributed by atoms with E-state index in [9.17, 15) is 9.50 Å². The van der Waals surface area contributed by atoms with Crippen LogP contribution in [-0.4, -0.2) is 35.7 Å². The second-order valence-electron chi connectivity index (χ2n) is 8.38. The van der Waals surface area contributed by atoms with Crippen molar-refractivity contribution < 1.29 is 14.9 Å². The number of aryl methyl sites for hydroxylation is 1. The fourth-order valence-corrected chi connectivity index (χ4v) is 4.35. The summed E-state index contributed by atoms with van der Waals surface area (Å²) in [4.78, 5) is 18.7. The van der Waals surface area contributed by atoms with Gasteiger partial charge in [-0.1, -0.05) is 13.0 Å². The number of rotatable bonds is 6. The molecule has 4 aromatic rings. The first kappa shape index (κ1) is 21.7. The van der Waals surface area contributed by atoms with E-state index in [0.29, 0.717) is 54.4 Å². The predicted octanol–water partition coefficient (Wildman–Crippen LogP) is 1.97. The number of fused-ring (bicyclic) bond motifs is 1. The highest BCUT2D eigenvalue weighted by atomic mass is 19.1. The number of hydrogen-bond acceptors (Lipinski definition) is 6. The van der Waals surface area contributed by atoms with Crippen molar-refractivity contribution in [1.29, 1.82) is 0 Å². The summed E-state index contributed by atoms with van der Waals surface area (Å²) in [6.07, 6.45) is 5.75. The van der Waals surface area contributed by atoms with Crippen LogP contribution in [0, 0.1) is 5.82 Å². The number of aromatic amines is 1. The van der Waals surface area contributed by atoms with Crippen molar-refractivity contribution in [2.24, 2.45) is 0 Å². The normalized spacial score (nSPS) is 13.2. The van der Waals surface area contributed by atoms with Gasteiger partial charge in [-0.15, -0.1) is 0 Å². The lowest BCUT2D eigenvalue weighted by Crippen LogP contribution is -2.42. The largest absolute Gasteiger partial charge is 0.505 e. The number of phenols is 1. The Morgan fingerprint density at radius 2 is 2.09 bits per heavy atom. The van der Waals surface area contributed by atoms with Crippen LogP contribution in [-0.2, 0) is 26.1 Å². The molecule has 0 aliphatic carbocycles. The number of nitrogens with two attached hydrogens (primary N) is 2. The Morgan fingerprint density at radius 3 is 2.79 bits per heavy atom. The van der Waals surface area contributed by atoms with Crippen LogP contribution in [0.25, 0.3) is 11.1 Å². The van der Waals surface area contributed by atoms with E-state index < -0.39 is 5.82 Å². The van der Waals surface area contributed by atoms with Crippen molar-refractivity contribution in [3.63, 3.8) is 0 Å². The standard InChI is InChI=1S/C25H24FN7O/c1-2-14-8-23(34)19(26)9-18(14)15-3-4-17(20(27)7-15)24(28)25-31-21-12-33(13-22(21)32-25)11-16-10-29-5-6-30-16/h3-10,28,34H,2,11-13,27H2,1H3,(H,31,32)/p+1. The predicted molar refractivity (Wildman–Crippen MR) is 126 cm³/mol. The summed E-state index contributed by atoms with van der Waals surface area (Å²) in [5.41, 5.74) is 13.1. The SMILES string of the molecule is CCc1cc(O)c(F)cc1-c1ccc(C(=[NH2+])c2nc3c([nH]2)CN(Cc2cnccn2)C3)c(N)c1. The van der Waals surface area contributed by atoms with Crippen molar-refractivity contribution in [2.75, 3.05) is 5.73 Å². The van der Waals surface area contributed by atoms with Crippen LogP contribution >= 0.6 is 0 Å². The number of phenolic OH excluding ortho intramolecular Hbond substituents is 1. The summed E-state index contributed by atoms with van der Waals surface area (Å²) < 4.78 is 14.0. The van der Waals surface area contributed by atoms with Crippen molar-refractivity contribution in [1.82, 2.24) is 24.8 Å². The molecule has 0 fully saturated rings. The number of nitrogens with one attached hydrogen (secondary N) is 1. The molecular formula is C25H25FN7O+. The number of hydrogen-bond donors (Lipinski definition) is 4. The zero-order valence-corrected chi connectivity index (χ0v) is 18.7. The summed E-state index contributed by atoms with van der Waals surface area (Å²) in [7, 11) is 0. The second-order valence-corrected chi connectivity index (χ2v) is 8.38. The van der Waals surface area contributed by atoms with Crippen molar-refractivity contribution in [3.05, 3.63) is 88.8 Å². The lowest BCUT2D eigenvalue weighted by Gasteiger charge is -2.13. The molecule has 172 valence electrons. The number of aromatic hydroxyl groups is 1. The molecule has 5 rings (SSSR count). The van der Waals surface area contributed by atoms with Gasteiger partial charge >= 0.3 is 0 Å². The number of anilines is 1. The summed E-state index contributed by atoms with van der Waals surface area (Å²) >= 11 is 0. The van der Waals surface area contributed by atoms with Gasteiger partial charge in [-0.2, -0.15) is 0 Å². The number of benzene rings is 2. The van der Waals surface area contributed by atoms with E-state index in [1.807, 2.05) is 19.1 Å². The van der Waals surface area contributed by atoms with Crippen molar-refractivity contribution in [3.8, 4) is 16.9 Å². The smallest absolute Gasteiger partial charge is 0.249 e. The Labute approximate surface area is 195 Å². The molecule has 0 amide bonds. The third-order valence-electron chi connectivity index (χ3n) is 6.08. The molecule has 0 saturated heterocycles. The van der Waals surface area contributed by atoms with Crippen LogP contribution < -0.4 is 11.1 Å². The number of nitrogens with zero attached hydrogens (tertiary/aromatic N) is 4. The molecule has 0 spiro atoms. The summed E-state index contributed by atoms with van der Waals surface area (Å²) in [6, 6.07) is 8.22. The maximum absolute atomic E-state index is 14.0. The molecule has 1 aliphatic rings. The fraction of sp³-hybridized carbons (Fsp3) is 0.200. The Balaban J connectivity index is 1.35. The van der Waals surface area contributed by atoms with Crippen LogP contribution in [0.1, 0.15) is 41.0 Å². The molecule has 8 nitrogen and oxygen atoms in total. The minimum atomic E-state index is -0.667. The second kappa shape index (κ2) is 8.68. The highest BCUT2D eigenvalue weighted by Gasteiger charge is 2.27. The number of H-pyrrole nitrogens is 1. The van der Waals surface area contributed by atoms with Gasteiger partial charge in [0.15, 0.2) is 11.6 Å². The Morgan fingerprint density at radius 1 is 1.24 bits per heavy atom. The van der Waals surface area contributed by atoms with Gasteiger partial charge in [0.1, 0.15) is 0 Å². The van der Waals surface area contributed by atoms with Gasteiger partial charge in [0.25, 0.3) is 0 Å². The molecule has 0 saturated carbocycles. The minimum absolute atomic E-state index is 0.357. The molecule has 0 bridgehead atoms. The summed E-state index contributed by atoms with van der Waals surface area (Å²) in [5.74, 6) is -0.447. The van der Waals surface area contributed by atoms with Gasteiger partial charge in [0.2, 0.25) is 11.5 Å². The lowest BCUT2D eigenvalue weighted by molar-refractivity contribution is -0.112. The van der Waals surface area contributed by atoms with Crippen LogP contribution in [0.2, 0.25) is 0 Å². The van der Waals surface area contributed by atoms with Crippen molar-refractivity contribution >= 4 is 11.4 Å². The Hall–Kier alpha value is -4.11. The third-order valence-corrected chi connectivity index (χ3v) is 6.08. The first-order valence-electron chi connectivity index (χ1n) is 11.0. The van der Waals surface area contributed by atoms with E-state index in [4.69, 9.17) is 16.1 Å². The third kappa shape index (κ3) is 4.01. The molecule has 2 aromatic carbocycles. The first-order chi connectivity index (χ1) is 16.4. The highest BCUT2D eigenvalue weighted by Crippen LogP contribution is 2.32. The fourth-order valence-electron chi connectivity index (χ4n) is 4.35. The molecule has 6 N–H and O–H groups in total. The van der Waals surface area contributed by atoms with Crippen LogP contribution in [0.15, 0.2) is 48.9 Å². The van der Waals surface area contributed by atoms with Gasteiger partial charge in [-0.25, -0.2) is 9.37 Å². The number of imidazole rings is 1. The topological polar surface area (TPSA) is 130 Å². The monoisotopic (exact) mass is 458 g/mol. The average molecular weight is 459 g/mol. The Bertz CT molecular complexity index is 1360. The van der Waals surface area contributed by atoms with E-state index in [-0.39, 0.29) is 5.75 Å². The molecule has 0 atom stereocenters. The van der Waals surface area contributed by atoms with Gasteiger partial charge in [0.05, 0.1) is 22.6 Å². The molecule has 34 heavy (non-hydrogen) atoms. The lowest BCUT2D eigenvalue weighted by atomic mass is 9.95. The van der Waals surface area contributed by atoms with Gasteiger partial charge in [0, 0.05) is 43.9 Å². The molecule has 2 aromatic heterocycles. The first-order valence-corrected chi connectivity index (χ1v) is 11.0. The molecular weight excluding hydrogens is 433 g/mol. The van der Waals surface area contributed by atoms with Gasteiger partial charge < -0.3 is 15.8 Å². The molecule has 9 heteroatoms. The van der Waals surface area contributed by atoms with Crippen LogP contribution in [0.3, 0.4) is 0 Å². The summed E-state index contributed by atoms with van der Waals surface area (Å²) in [5, 5.41) is 16.1. The number of halogens is 1. The summed E-state index contributed by atoms with van der Waals surface area (Å²) in [6.45, 7) is 4.05. The van der Waals surface area contributed by atoms with Crippen LogP contribution in [0.5, 0.6) is 5.75 Å². The number of aromatic nitrogens is 4. The van der Waals surface area contributed by atoms with Crippen molar-refractivity contribution in [2.45, 2.75) is 33.0 Å². The van der Waals surface area contributed by atoms with E-state index in [1.165, 1.54) is 12.1 Å². The molecule has 0 unspecified atom stereocenters. The molecule has 3 heterocycles. The minimum Gasteiger partial charge on any atom is -0.505 e. The zero-order valence-electron chi connectivity index (χ0n) is 18.7. The average Bonchev–Trinajstić information content (AvgIpc) is 3.39. The van der Waals surface area contributed by atoms with Crippen LogP contribution in [0.4, 0.5) is 10.1 Å². The molecule has 0 radical (unpaired) electrons. The molecule has 1 aliphatic heterocycles. The zero-order chi connectivity index (χ0) is 23.8. The Kier molecular flexibility index (Phi) is 5.54. The van der Waals surface area contributed by atoms with E-state index in [2.05, 4.69) is 19.9 Å². The van der Waals surface area contributed by atoms with E-state index >= 15 is 0 Å². The number of nitrogen functional groups attached to an aromatic ring is 1. The van der Waals surface area contributed by atoms with Gasteiger partial charge in [-0.05, 0) is 47.4 Å². The maximum atomic E-state index is 14.0. The van der Waals surface area contributed by atoms with E-state index in [0.717, 1.165) is 28.2 Å². The van der Waals surface area contributed by atoms with E-state index in [1.54, 1.807) is 24.7 Å². The van der Waals surface area contributed by atoms with Gasteiger partial charge in [-0.3, -0.25) is 20.3 Å².